The number of aromatic nitrogens is 2. The van der Waals surface area contributed by atoms with E-state index < -0.39 is 0 Å². The lowest BCUT2D eigenvalue weighted by Crippen LogP contribution is -2.15. The highest BCUT2D eigenvalue weighted by atomic mass is 16.3. The number of benzene rings is 1. The lowest BCUT2D eigenvalue weighted by Gasteiger charge is -2.06. The standard InChI is InChI=1S/C15H18N4O2/c1-2-9-16-14-8-7-13(18-19-14)15(21)17-12-5-3-11(10-20)4-6-12/h3-8,20H,2,9-10H2,1H3,(H,16,19)(H,17,21). The Labute approximate surface area is 123 Å². The summed E-state index contributed by atoms with van der Waals surface area (Å²) in [6.07, 6.45) is 0.994. The third-order valence-corrected chi connectivity index (χ3v) is 2.85. The van der Waals surface area contributed by atoms with E-state index in [0.29, 0.717) is 11.5 Å². The number of nitrogens with zero attached hydrogens (tertiary/aromatic N) is 2. The Morgan fingerprint density at radius 3 is 2.48 bits per heavy atom. The summed E-state index contributed by atoms with van der Waals surface area (Å²) in [6, 6.07) is 10.3. The van der Waals surface area contributed by atoms with E-state index in [1.807, 2.05) is 0 Å². The third kappa shape index (κ3) is 4.25. The summed E-state index contributed by atoms with van der Waals surface area (Å²) >= 11 is 0. The fourth-order valence-electron chi connectivity index (χ4n) is 1.69. The highest BCUT2D eigenvalue weighted by Gasteiger charge is 2.08. The van der Waals surface area contributed by atoms with Crippen molar-refractivity contribution in [2.75, 3.05) is 17.2 Å². The van der Waals surface area contributed by atoms with Crippen LogP contribution in [0, 0.1) is 0 Å². The van der Waals surface area contributed by atoms with Gasteiger partial charge in [0.1, 0.15) is 5.82 Å². The molecule has 0 aliphatic carbocycles. The molecule has 110 valence electrons. The van der Waals surface area contributed by atoms with Crippen LogP contribution < -0.4 is 10.6 Å². The van der Waals surface area contributed by atoms with Crippen molar-refractivity contribution in [3.8, 4) is 0 Å². The van der Waals surface area contributed by atoms with Gasteiger partial charge in [0.15, 0.2) is 5.69 Å². The molecule has 6 nitrogen and oxygen atoms in total. The van der Waals surface area contributed by atoms with Crippen molar-refractivity contribution in [1.29, 1.82) is 0 Å². The van der Waals surface area contributed by atoms with Crippen molar-refractivity contribution in [3.63, 3.8) is 0 Å². The molecule has 1 amide bonds. The van der Waals surface area contributed by atoms with Crippen LogP contribution in [0.4, 0.5) is 11.5 Å². The lowest BCUT2D eigenvalue weighted by molar-refractivity contribution is 0.102. The zero-order valence-electron chi connectivity index (χ0n) is 11.8. The average Bonchev–Trinajstić information content (AvgIpc) is 2.54. The molecule has 0 spiro atoms. The van der Waals surface area contributed by atoms with Gasteiger partial charge in [0.2, 0.25) is 0 Å². The Morgan fingerprint density at radius 2 is 1.90 bits per heavy atom. The number of carbonyl (C=O) groups excluding carboxylic acids is 1. The maximum atomic E-state index is 12.0. The van der Waals surface area contributed by atoms with Crippen molar-refractivity contribution in [2.45, 2.75) is 20.0 Å². The van der Waals surface area contributed by atoms with Crippen LogP contribution in [0.25, 0.3) is 0 Å². The van der Waals surface area contributed by atoms with E-state index in [9.17, 15) is 4.79 Å². The van der Waals surface area contributed by atoms with Gasteiger partial charge < -0.3 is 15.7 Å². The summed E-state index contributed by atoms with van der Waals surface area (Å²) in [7, 11) is 0. The largest absolute Gasteiger partial charge is 0.392 e. The normalized spacial score (nSPS) is 10.2. The molecule has 0 fully saturated rings. The van der Waals surface area contributed by atoms with Crippen LogP contribution >= 0.6 is 0 Å². The van der Waals surface area contributed by atoms with Gasteiger partial charge in [0.25, 0.3) is 5.91 Å². The van der Waals surface area contributed by atoms with Gasteiger partial charge in [-0.2, -0.15) is 0 Å². The molecule has 0 aliphatic rings. The first-order chi connectivity index (χ1) is 10.2. The Morgan fingerprint density at radius 1 is 1.14 bits per heavy atom. The summed E-state index contributed by atoms with van der Waals surface area (Å²) in [4.78, 5) is 12.0. The number of hydrogen-bond acceptors (Lipinski definition) is 5. The molecule has 0 saturated heterocycles. The highest BCUT2D eigenvalue weighted by molar-refractivity contribution is 6.02. The molecule has 1 aromatic heterocycles. The molecule has 21 heavy (non-hydrogen) atoms. The minimum atomic E-state index is -0.318. The zero-order valence-corrected chi connectivity index (χ0v) is 11.8. The van der Waals surface area contributed by atoms with E-state index in [4.69, 9.17) is 5.11 Å². The van der Waals surface area contributed by atoms with Crippen molar-refractivity contribution in [2.24, 2.45) is 0 Å². The molecule has 0 atom stereocenters. The Bertz CT molecular complexity index is 582. The monoisotopic (exact) mass is 286 g/mol. The van der Waals surface area contributed by atoms with Crippen LogP contribution in [0.15, 0.2) is 36.4 Å². The molecule has 6 heteroatoms. The van der Waals surface area contributed by atoms with Crippen LogP contribution in [-0.2, 0) is 6.61 Å². The van der Waals surface area contributed by atoms with E-state index in [1.165, 1.54) is 0 Å². The fraction of sp³-hybridized carbons (Fsp3) is 0.267. The van der Waals surface area contributed by atoms with Gasteiger partial charge in [-0.25, -0.2) is 0 Å². The van der Waals surface area contributed by atoms with Crippen molar-refractivity contribution in [1.82, 2.24) is 10.2 Å². The number of rotatable bonds is 6. The average molecular weight is 286 g/mol. The molecule has 0 saturated carbocycles. The molecule has 2 aromatic rings. The molecule has 0 bridgehead atoms. The second-order valence-corrected chi connectivity index (χ2v) is 4.54. The Balaban J connectivity index is 1.98. The summed E-state index contributed by atoms with van der Waals surface area (Å²) < 4.78 is 0. The fourth-order valence-corrected chi connectivity index (χ4v) is 1.69. The zero-order chi connectivity index (χ0) is 15.1. The van der Waals surface area contributed by atoms with Crippen LogP contribution in [0.3, 0.4) is 0 Å². The maximum absolute atomic E-state index is 12.0. The van der Waals surface area contributed by atoms with Gasteiger partial charge in [-0.1, -0.05) is 19.1 Å². The molecule has 1 aromatic carbocycles. The van der Waals surface area contributed by atoms with E-state index in [-0.39, 0.29) is 18.2 Å². The topological polar surface area (TPSA) is 87.1 Å². The van der Waals surface area contributed by atoms with Crippen LogP contribution in [0.5, 0.6) is 0 Å². The first kappa shape index (κ1) is 14.9. The van der Waals surface area contributed by atoms with Gasteiger partial charge in [0.05, 0.1) is 6.61 Å². The molecule has 3 N–H and O–H groups in total. The number of carbonyl (C=O) groups is 1. The minimum absolute atomic E-state index is 0.0219. The second kappa shape index (κ2) is 7.35. The summed E-state index contributed by atoms with van der Waals surface area (Å²) in [6.45, 7) is 2.85. The Hall–Kier alpha value is -2.47. The number of aliphatic hydroxyl groups is 1. The van der Waals surface area contributed by atoms with Crippen molar-refractivity contribution in [3.05, 3.63) is 47.7 Å². The third-order valence-electron chi connectivity index (χ3n) is 2.85. The van der Waals surface area contributed by atoms with Crippen molar-refractivity contribution >= 4 is 17.4 Å². The van der Waals surface area contributed by atoms with E-state index >= 15 is 0 Å². The summed E-state index contributed by atoms with van der Waals surface area (Å²) in [5.74, 6) is 0.335. The number of amides is 1. The minimum Gasteiger partial charge on any atom is -0.392 e. The van der Waals surface area contributed by atoms with E-state index in [2.05, 4.69) is 27.8 Å². The van der Waals surface area contributed by atoms with E-state index in [1.54, 1.807) is 36.4 Å². The lowest BCUT2D eigenvalue weighted by atomic mass is 10.2. The van der Waals surface area contributed by atoms with Gasteiger partial charge in [-0.15, -0.1) is 10.2 Å². The maximum Gasteiger partial charge on any atom is 0.276 e. The first-order valence-electron chi connectivity index (χ1n) is 6.81. The number of aliphatic hydroxyl groups excluding tert-OH is 1. The first-order valence-corrected chi connectivity index (χ1v) is 6.81. The molecule has 0 unspecified atom stereocenters. The predicted octanol–water partition coefficient (Wildman–Crippen LogP) is 2.04. The Kier molecular flexibility index (Phi) is 5.22. The summed E-state index contributed by atoms with van der Waals surface area (Å²) in [5, 5.41) is 22.6. The summed E-state index contributed by atoms with van der Waals surface area (Å²) in [5.41, 5.74) is 1.69. The van der Waals surface area contributed by atoms with Crippen LogP contribution in [-0.4, -0.2) is 27.8 Å². The van der Waals surface area contributed by atoms with Gasteiger partial charge in [0, 0.05) is 12.2 Å². The highest BCUT2D eigenvalue weighted by Crippen LogP contribution is 2.11. The molecule has 0 radical (unpaired) electrons. The van der Waals surface area contributed by atoms with Crippen LogP contribution in [0.2, 0.25) is 0 Å². The molecule has 0 aliphatic heterocycles. The second-order valence-electron chi connectivity index (χ2n) is 4.54. The molecule has 2 rings (SSSR count). The SMILES string of the molecule is CCCNc1ccc(C(=O)Nc2ccc(CO)cc2)nn1. The van der Waals surface area contributed by atoms with Gasteiger partial charge >= 0.3 is 0 Å². The van der Waals surface area contributed by atoms with Gasteiger partial charge in [-0.05, 0) is 36.2 Å². The number of hydrogen-bond donors (Lipinski definition) is 3. The van der Waals surface area contributed by atoms with Gasteiger partial charge in [-0.3, -0.25) is 4.79 Å². The van der Waals surface area contributed by atoms with Crippen LogP contribution in [0.1, 0.15) is 29.4 Å². The molecular formula is C15H18N4O2. The predicted molar refractivity (Wildman–Crippen MR) is 81.1 cm³/mol. The van der Waals surface area contributed by atoms with E-state index in [0.717, 1.165) is 18.5 Å². The number of nitrogens with one attached hydrogen (secondary N) is 2. The molecular weight excluding hydrogens is 268 g/mol. The quantitative estimate of drug-likeness (QED) is 0.756. The smallest absolute Gasteiger partial charge is 0.276 e. The molecule has 1 heterocycles. The number of anilines is 2. The van der Waals surface area contributed by atoms with Crippen molar-refractivity contribution < 1.29 is 9.90 Å².